The maximum Gasteiger partial charge on any atom is 0.170 e. The van der Waals surface area contributed by atoms with Crippen molar-refractivity contribution in [2.75, 3.05) is 0 Å². The molecule has 0 aliphatic carbocycles. The van der Waals surface area contributed by atoms with Crippen LogP contribution < -0.4 is 0 Å². The molecule has 3 heteroatoms. The zero-order chi connectivity index (χ0) is 13.9. The van der Waals surface area contributed by atoms with Gasteiger partial charge in [0, 0.05) is 16.7 Å². The highest BCUT2D eigenvalue weighted by Crippen LogP contribution is 2.33. The normalized spacial score (nSPS) is 10.7. The van der Waals surface area contributed by atoms with Gasteiger partial charge in [0.1, 0.15) is 11.4 Å². The van der Waals surface area contributed by atoms with E-state index in [2.05, 4.69) is 12.1 Å². The number of phenols is 1. The topological polar surface area (TPSA) is 46.3 Å². The van der Waals surface area contributed by atoms with Gasteiger partial charge in [-0.15, -0.1) is 0 Å². The Bertz CT molecular complexity index is 717. The van der Waals surface area contributed by atoms with Crippen LogP contribution in [-0.2, 0) is 6.42 Å². The molecule has 0 saturated carbocycles. The lowest BCUT2D eigenvalue weighted by atomic mass is 10.0. The van der Waals surface area contributed by atoms with E-state index in [1.165, 1.54) is 0 Å². The Morgan fingerprint density at radius 2 is 1.75 bits per heavy atom. The van der Waals surface area contributed by atoms with Crippen LogP contribution in [0.3, 0.4) is 0 Å². The fourth-order valence-corrected chi connectivity index (χ4v) is 2.33. The van der Waals surface area contributed by atoms with Crippen LogP contribution in [-0.4, -0.2) is 10.3 Å². The second-order valence-electron chi connectivity index (χ2n) is 4.61. The largest absolute Gasteiger partial charge is 0.508 e. The van der Waals surface area contributed by atoms with Gasteiger partial charge in [-0.05, 0) is 18.6 Å². The predicted molar refractivity (Wildman–Crippen MR) is 78.4 cm³/mol. The average molecular weight is 265 g/mol. The molecule has 1 heterocycles. The van der Waals surface area contributed by atoms with E-state index in [-0.39, 0.29) is 5.75 Å². The maximum atomic E-state index is 9.60. The first-order valence-corrected chi connectivity index (χ1v) is 6.63. The number of aromatic hydroxyl groups is 1. The van der Waals surface area contributed by atoms with E-state index in [1.807, 2.05) is 36.4 Å². The number of aromatic nitrogens is 1. The first-order chi connectivity index (χ1) is 9.79. The Hall–Kier alpha value is -2.55. The van der Waals surface area contributed by atoms with Crippen molar-refractivity contribution in [2.24, 2.45) is 0 Å². The highest BCUT2D eigenvalue weighted by Gasteiger charge is 2.17. The summed E-state index contributed by atoms with van der Waals surface area (Å²) in [5.41, 5.74) is 3.74. The monoisotopic (exact) mass is 265 g/mol. The summed E-state index contributed by atoms with van der Waals surface area (Å²) in [6.07, 6.45) is 0.818. The molecule has 0 bridgehead atoms. The SMILES string of the molecule is CCc1c(-c2cccc(O)c2)noc1-c1ccccc1. The van der Waals surface area contributed by atoms with Crippen molar-refractivity contribution >= 4 is 0 Å². The van der Waals surface area contributed by atoms with Crippen LogP contribution in [0.15, 0.2) is 59.1 Å². The van der Waals surface area contributed by atoms with Crippen molar-refractivity contribution < 1.29 is 9.63 Å². The second-order valence-corrected chi connectivity index (χ2v) is 4.61. The van der Waals surface area contributed by atoms with Crippen molar-refractivity contribution in [3.05, 3.63) is 60.2 Å². The molecule has 20 heavy (non-hydrogen) atoms. The van der Waals surface area contributed by atoms with Gasteiger partial charge in [0.2, 0.25) is 0 Å². The molecule has 3 rings (SSSR count). The van der Waals surface area contributed by atoms with E-state index in [9.17, 15) is 5.11 Å². The van der Waals surface area contributed by atoms with Crippen LogP contribution in [0.25, 0.3) is 22.6 Å². The third kappa shape index (κ3) is 2.18. The van der Waals surface area contributed by atoms with E-state index in [0.717, 1.165) is 34.6 Å². The van der Waals surface area contributed by atoms with Gasteiger partial charge >= 0.3 is 0 Å². The van der Waals surface area contributed by atoms with Crippen LogP contribution in [0, 0.1) is 0 Å². The summed E-state index contributed by atoms with van der Waals surface area (Å²) < 4.78 is 5.54. The molecule has 0 spiro atoms. The van der Waals surface area contributed by atoms with Crippen LogP contribution in [0.2, 0.25) is 0 Å². The maximum absolute atomic E-state index is 9.60. The second kappa shape index (κ2) is 5.21. The van der Waals surface area contributed by atoms with Crippen molar-refractivity contribution in [2.45, 2.75) is 13.3 Å². The van der Waals surface area contributed by atoms with Gasteiger partial charge in [0.25, 0.3) is 0 Å². The fourth-order valence-electron chi connectivity index (χ4n) is 2.33. The predicted octanol–water partition coefficient (Wildman–Crippen LogP) is 4.28. The Kier molecular flexibility index (Phi) is 3.25. The van der Waals surface area contributed by atoms with Gasteiger partial charge in [-0.3, -0.25) is 0 Å². The summed E-state index contributed by atoms with van der Waals surface area (Å²) in [6, 6.07) is 17.0. The molecule has 2 aromatic carbocycles. The summed E-state index contributed by atoms with van der Waals surface area (Å²) in [6.45, 7) is 2.07. The van der Waals surface area contributed by atoms with E-state index in [4.69, 9.17) is 4.52 Å². The highest BCUT2D eigenvalue weighted by atomic mass is 16.5. The third-order valence-electron chi connectivity index (χ3n) is 3.30. The molecule has 0 saturated heterocycles. The van der Waals surface area contributed by atoms with E-state index in [0.29, 0.717) is 0 Å². The standard InChI is InChI=1S/C17H15NO2/c1-2-15-16(13-9-6-10-14(19)11-13)18-20-17(15)12-7-4-3-5-8-12/h3-11,19H,2H2,1H3. The number of nitrogens with zero attached hydrogens (tertiary/aromatic N) is 1. The number of phenolic OH excluding ortho intramolecular Hbond substituents is 1. The van der Waals surface area contributed by atoms with Gasteiger partial charge in [0.05, 0.1) is 0 Å². The Labute approximate surface area is 117 Å². The Balaban J connectivity index is 2.13. The first-order valence-electron chi connectivity index (χ1n) is 6.63. The molecular formula is C17H15NO2. The first kappa shape index (κ1) is 12.5. The van der Waals surface area contributed by atoms with Crippen molar-refractivity contribution in [1.29, 1.82) is 0 Å². The zero-order valence-electron chi connectivity index (χ0n) is 11.2. The molecule has 0 radical (unpaired) electrons. The minimum atomic E-state index is 0.230. The molecule has 3 nitrogen and oxygen atoms in total. The van der Waals surface area contributed by atoms with Crippen molar-refractivity contribution in [1.82, 2.24) is 5.16 Å². The van der Waals surface area contributed by atoms with Gasteiger partial charge in [-0.25, -0.2) is 0 Å². The van der Waals surface area contributed by atoms with E-state index < -0.39 is 0 Å². The molecule has 3 aromatic rings. The zero-order valence-corrected chi connectivity index (χ0v) is 11.2. The number of hydrogen-bond donors (Lipinski definition) is 1. The average Bonchev–Trinajstić information content (AvgIpc) is 2.92. The lowest BCUT2D eigenvalue weighted by Crippen LogP contribution is -1.87. The highest BCUT2D eigenvalue weighted by molar-refractivity contribution is 5.73. The lowest BCUT2D eigenvalue weighted by Gasteiger charge is -2.02. The molecule has 1 N–H and O–H groups in total. The molecule has 0 aliphatic heterocycles. The fraction of sp³-hybridized carbons (Fsp3) is 0.118. The quantitative estimate of drug-likeness (QED) is 0.769. The van der Waals surface area contributed by atoms with E-state index in [1.54, 1.807) is 18.2 Å². The summed E-state index contributed by atoms with van der Waals surface area (Å²) >= 11 is 0. The van der Waals surface area contributed by atoms with Gasteiger partial charge in [-0.1, -0.05) is 54.5 Å². The molecule has 0 fully saturated rings. The lowest BCUT2D eigenvalue weighted by molar-refractivity contribution is 0.434. The molecule has 0 unspecified atom stereocenters. The minimum Gasteiger partial charge on any atom is -0.508 e. The minimum absolute atomic E-state index is 0.230. The number of hydrogen-bond acceptors (Lipinski definition) is 3. The molecule has 0 atom stereocenters. The molecule has 0 aliphatic rings. The number of benzene rings is 2. The molecule has 0 amide bonds. The third-order valence-corrected chi connectivity index (χ3v) is 3.30. The van der Waals surface area contributed by atoms with Crippen LogP contribution >= 0.6 is 0 Å². The molecule has 100 valence electrons. The summed E-state index contributed by atoms with van der Waals surface area (Å²) in [7, 11) is 0. The molecule has 1 aromatic heterocycles. The Morgan fingerprint density at radius 1 is 1.00 bits per heavy atom. The summed E-state index contributed by atoms with van der Waals surface area (Å²) in [5.74, 6) is 1.03. The van der Waals surface area contributed by atoms with Crippen molar-refractivity contribution in [3.63, 3.8) is 0 Å². The summed E-state index contributed by atoms with van der Waals surface area (Å²) in [5, 5.41) is 13.8. The smallest absolute Gasteiger partial charge is 0.170 e. The summed E-state index contributed by atoms with van der Waals surface area (Å²) in [4.78, 5) is 0. The van der Waals surface area contributed by atoms with Gasteiger partial charge in [-0.2, -0.15) is 0 Å². The Morgan fingerprint density at radius 3 is 2.45 bits per heavy atom. The van der Waals surface area contributed by atoms with Crippen molar-refractivity contribution in [3.8, 4) is 28.3 Å². The van der Waals surface area contributed by atoms with Crippen LogP contribution in [0.4, 0.5) is 0 Å². The van der Waals surface area contributed by atoms with Gasteiger partial charge in [0.15, 0.2) is 5.76 Å². The van der Waals surface area contributed by atoms with Gasteiger partial charge < -0.3 is 9.63 Å². The van der Waals surface area contributed by atoms with Crippen LogP contribution in [0.1, 0.15) is 12.5 Å². The van der Waals surface area contributed by atoms with Crippen LogP contribution in [0.5, 0.6) is 5.75 Å². The van der Waals surface area contributed by atoms with E-state index >= 15 is 0 Å². The number of rotatable bonds is 3. The molecular weight excluding hydrogens is 250 g/mol.